The summed E-state index contributed by atoms with van der Waals surface area (Å²) in [6.07, 6.45) is -2.29. The molecule has 0 aliphatic carbocycles. The quantitative estimate of drug-likeness (QED) is 0.120. The van der Waals surface area contributed by atoms with Gasteiger partial charge in [0.05, 0.1) is 17.3 Å². The minimum absolute atomic E-state index is 0.0786. The molecule has 0 spiro atoms. The van der Waals surface area contributed by atoms with E-state index in [-0.39, 0.29) is 17.8 Å². The second-order valence-corrected chi connectivity index (χ2v) is 12.8. The van der Waals surface area contributed by atoms with Crippen LogP contribution in [-0.2, 0) is 21.0 Å². The van der Waals surface area contributed by atoms with Gasteiger partial charge in [0.1, 0.15) is 0 Å². The van der Waals surface area contributed by atoms with E-state index in [0.29, 0.717) is 0 Å². The molecule has 0 unspecified atom stereocenters. The van der Waals surface area contributed by atoms with Gasteiger partial charge in [0.15, 0.2) is 24.8 Å². The molecule has 4 aromatic carbocycles. The standard InChI is InChI=1S/C24H19S2.C4H6F4O3S/c1-4-10-20(11-5-1)25-21-16-18-24(19-17-21)26(22-12-6-2-7-13-22)23-14-8-3-9-15-23;1-3(5,6)2-4(7,8)12(9,10)11/h1-19H;2H2,1H3,(H,9,10,11)/q+1;/p-1. The molecule has 0 amide bonds. The third-order valence-corrected chi connectivity index (χ3v) is 9.00. The Kier molecular flexibility index (Phi) is 10.1. The summed E-state index contributed by atoms with van der Waals surface area (Å²) < 4.78 is 76.9. The Hall–Kier alpha value is -2.79. The molecule has 10 heteroatoms. The van der Waals surface area contributed by atoms with Gasteiger partial charge in [0.2, 0.25) is 0 Å². The van der Waals surface area contributed by atoms with Crippen LogP contribution in [0.4, 0.5) is 17.6 Å². The van der Waals surface area contributed by atoms with Crippen LogP contribution in [0.15, 0.2) is 140 Å². The molecule has 4 aromatic rings. The minimum Gasteiger partial charge on any atom is -0.743 e. The summed E-state index contributed by atoms with van der Waals surface area (Å²) in [6, 6.07) is 41.1. The van der Waals surface area contributed by atoms with Crippen molar-refractivity contribution in [3.63, 3.8) is 0 Å². The maximum absolute atomic E-state index is 12.0. The summed E-state index contributed by atoms with van der Waals surface area (Å²) in [5.74, 6) is -3.89. The summed E-state index contributed by atoms with van der Waals surface area (Å²) in [5.41, 5.74) is 0. The van der Waals surface area contributed by atoms with E-state index < -0.39 is 27.7 Å². The Bertz CT molecular complexity index is 1340. The molecule has 0 aliphatic rings. The molecule has 0 bridgehead atoms. The lowest BCUT2D eigenvalue weighted by molar-refractivity contribution is -0.0608. The summed E-state index contributed by atoms with van der Waals surface area (Å²) in [4.78, 5) is 6.58. The van der Waals surface area contributed by atoms with Crippen molar-refractivity contribution in [1.82, 2.24) is 0 Å². The van der Waals surface area contributed by atoms with E-state index in [1.54, 1.807) is 11.8 Å². The maximum atomic E-state index is 12.0. The average Bonchev–Trinajstić information content (AvgIpc) is 2.86. The largest absolute Gasteiger partial charge is 0.743 e. The van der Waals surface area contributed by atoms with Crippen molar-refractivity contribution in [1.29, 1.82) is 0 Å². The van der Waals surface area contributed by atoms with Gasteiger partial charge < -0.3 is 4.55 Å². The molecule has 0 fully saturated rings. The molecule has 200 valence electrons. The Labute approximate surface area is 227 Å². The van der Waals surface area contributed by atoms with Gasteiger partial charge in [-0.05, 0) is 67.6 Å². The molecule has 3 nitrogen and oxygen atoms in total. The van der Waals surface area contributed by atoms with Crippen LogP contribution in [0.2, 0.25) is 0 Å². The Balaban J connectivity index is 0.000000284. The molecular formula is C28H24F4O3S3. The number of hydrogen-bond acceptors (Lipinski definition) is 4. The Morgan fingerprint density at radius 2 is 1.03 bits per heavy atom. The van der Waals surface area contributed by atoms with E-state index in [9.17, 15) is 30.5 Å². The van der Waals surface area contributed by atoms with E-state index >= 15 is 0 Å². The minimum atomic E-state index is -6.00. The van der Waals surface area contributed by atoms with Crippen molar-refractivity contribution in [2.24, 2.45) is 0 Å². The molecular weight excluding hydrogens is 556 g/mol. The predicted octanol–water partition coefficient (Wildman–Crippen LogP) is 8.10. The van der Waals surface area contributed by atoms with Crippen molar-refractivity contribution in [2.75, 3.05) is 0 Å². The number of alkyl halides is 4. The van der Waals surface area contributed by atoms with Crippen LogP contribution in [0.3, 0.4) is 0 Å². The maximum Gasteiger partial charge on any atom is 0.340 e. The molecule has 0 aliphatic heterocycles. The van der Waals surface area contributed by atoms with Gasteiger partial charge in [-0.2, -0.15) is 8.78 Å². The third-order valence-electron chi connectivity index (χ3n) is 4.88. The van der Waals surface area contributed by atoms with Crippen molar-refractivity contribution in [3.8, 4) is 0 Å². The molecule has 0 saturated carbocycles. The molecule has 0 radical (unpaired) electrons. The normalized spacial score (nSPS) is 12.1. The van der Waals surface area contributed by atoms with Crippen molar-refractivity contribution in [2.45, 2.75) is 49.0 Å². The smallest absolute Gasteiger partial charge is 0.340 e. The molecule has 0 N–H and O–H groups in total. The van der Waals surface area contributed by atoms with Crippen molar-refractivity contribution in [3.05, 3.63) is 115 Å². The van der Waals surface area contributed by atoms with Crippen LogP contribution in [0.5, 0.6) is 0 Å². The highest BCUT2D eigenvalue weighted by atomic mass is 32.2. The molecule has 0 heterocycles. The van der Waals surface area contributed by atoms with E-state index in [1.165, 1.54) is 24.5 Å². The fraction of sp³-hybridized carbons (Fsp3) is 0.143. The number of hydrogen-bond donors (Lipinski definition) is 0. The molecule has 0 saturated heterocycles. The Morgan fingerprint density at radius 1 is 0.658 bits per heavy atom. The number of rotatable bonds is 8. The fourth-order valence-electron chi connectivity index (χ4n) is 3.24. The van der Waals surface area contributed by atoms with E-state index in [4.69, 9.17) is 0 Å². The van der Waals surface area contributed by atoms with Crippen LogP contribution in [0, 0.1) is 0 Å². The van der Waals surface area contributed by atoms with Crippen LogP contribution >= 0.6 is 11.8 Å². The predicted molar refractivity (Wildman–Crippen MR) is 142 cm³/mol. The zero-order valence-electron chi connectivity index (χ0n) is 20.1. The second kappa shape index (κ2) is 12.8. The lowest BCUT2D eigenvalue weighted by atomic mass is 10.3. The number of benzene rings is 4. The van der Waals surface area contributed by atoms with Crippen LogP contribution in [0.25, 0.3) is 0 Å². The van der Waals surface area contributed by atoms with Gasteiger partial charge >= 0.3 is 5.25 Å². The first-order valence-corrected chi connectivity index (χ1v) is 14.7. The highest BCUT2D eigenvalue weighted by Gasteiger charge is 2.45. The van der Waals surface area contributed by atoms with Crippen molar-refractivity contribution >= 4 is 32.8 Å². The first-order chi connectivity index (χ1) is 17.9. The highest BCUT2D eigenvalue weighted by molar-refractivity contribution is 7.99. The molecule has 4 rings (SSSR count). The summed E-state index contributed by atoms with van der Waals surface area (Å²) in [6.45, 7) is 0.103. The zero-order valence-corrected chi connectivity index (χ0v) is 22.6. The molecule has 38 heavy (non-hydrogen) atoms. The van der Waals surface area contributed by atoms with Crippen LogP contribution in [0.1, 0.15) is 13.3 Å². The second-order valence-electron chi connectivity index (χ2n) is 8.16. The third kappa shape index (κ3) is 8.90. The topological polar surface area (TPSA) is 57.2 Å². The summed E-state index contributed by atoms with van der Waals surface area (Å²) in [5, 5.41) is -4.91. The SMILES string of the molecule is CC(F)(F)CC(F)(F)S(=O)(=O)[O-].c1ccc(Sc2ccc([S+](c3ccccc3)c3ccccc3)cc2)cc1. The van der Waals surface area contributed by atoms with Gasteiger partial charge in [0.25, 0.3) is 5.92 Å². The molecule has 0 aromatic heterocycles. The van der Waals surface area contributed by atoms with Gasteiger partial charge in [-0.15, -0.1) is 0 Å². The lowest BCUT2D eigenvalue weighted by Gasteiger charge is -2.22. The highest BCUT2D eigenvalue weighted by Crippen LogP contribution is 2.34. The summed E-state index contributed by atoms with van der Waals surface area (Å²) >= 11 is 1.80. The van der Waals surface area contributed by atoms with E-state index in [0.717, 1.165) is 0 Å². The van der Waals surface area contributed by atoms with Crippen LogP contribution in [-0.4, -0.2) is 24.1 Å². The summed E-state index contributed by atoms with van der Waals surface area (Å²) in [7, 11) is -6.08. The molecule has 0 atom stereocenters. The lowest BCUT2D eigenvalue weighted by Crippen LogP contribution is -2.34. The van der Waals surface area contributed by atoms with E-state index in [1.807, 2.05) is 0 Å². The van der Waals surface area contributed by atoms with Crippen LogP contribution < -0.4 is 0 Å². The van der Waals surface area contributed by atoms with Gasteiger partial charge in [-0.25, -0.2) is 17.2 Å². The first kappa shape index (κ1) is 29.8. The van der Waals surface area contributed by atoms with Gasteiger partial charge in [0, 0.05) is 9.79 Å². The number of halogens is 4. The van der Waals surface area contributed by atoms with Crippen molar-refractivity contribution < 1.29 is 30.5 Å². The zero-order chi connectivity index (χ0) is 27.8. The Morgan fingerprint density at radius 3 is 1.39 bits per heavy atom. The fourth-order valence-corrected chi connectivity index (χ4v) is 6.59. The average molecular weight is 581 g/mol. The first-order valence-electron chi connectivity index (χ1n) is 11.2. The van der Waals surface area contributed by atoms with Gasteiger partial charge in [-0.1, -0.05) is 66.4 Å². The van der Waals surface area contributed by atoms with E-state index in [2.05, 4.69) is 115 Å². The monoisotopic (exact) mass is 580 g/mol. The van der Waals surface area contributed by atoms with Gasteiger partial charge in [-0.3, -0.25) is 0 Å².